The molecule has 1 aliphatic rings. The molecule has 0 radical (unpaired) electrons. The van der Waals surface area contributed by atoms with E-state index in [9.17, 15) is 8.42 Å². The largest absolute Gasteiger partial charge is 0.353 e. The number of anilines is 1. The van der Waals surface area contributed by atoms with E-state index in [0.29, 0.717) is 48.3 Å². The first-order chi connectivity index (χ1) is 16.4. The molecule has 0 aliphatic carbocycles. The van der Waals surface area contributed by atoms with Gasteiger partial charge in [-0.25, -0.2) is 18.4 Å². The lowest BCUT2D eigenvalue weighted by atomic mass is 10.1. The van der Waals surface area contributed by atoms with Gasteiger partial charge < -0.3 is 4.90 Å². The summed E-state index contributed by atoms with van der Waals surface area (Å²) in [5.74, 6) is 1.53. The minimum atomic E-state index is -3.52. The highest BCUT2D eigenvalue weighted by Gasteiger charge is 2.29. The molecular weight excluding hydrogens is 468 g/mol. The number of aryl methyl sites for hydroxylation is 1. The highest BCUT2D eigenvalue weighted by Crippen LogP contribution is 2.29. The van der Waals surface area contributed by atoms with Gasteiger partial charge in [0.2, 0.25) is 10.0 Å². The van der Waals surface area contributed by atoms with E-state index in [-0.39, 0.29) is 0 Å². The van der Waals surface area contributed by atoms with Gasteiger partial charge in [-0.2, -0.15) is 4.31 Å². The lowest BCUT2D eigenvalue weighted by Gasteiger charge is -2.35. The van der Waals surface area contributed by atoms with Crippen LogP contribution >= 0.6 is 11.6 Å². The molecule has 1 fully saturated rings. The van der Waals surface area contributed by atoms with E-state index in [4.69, 9.17) is 21.6 Å². The van der Waals surface area contributed by atoms with Gasteiger partial charge in [0.05, 0.1) is 10.4 Å². The molecule has 5 rings (SSSR count). The first kappa shape index (κ1) is 22.8. The van der Waals surface area contributed by atoms with Crippen molar-refractivity contribution in [3.05, 3.63) is 94.8 Å². The van der Waals surface area contributed by atoms with Gasteiger partial charge in [-0.1, -0.05) is 59.6 Å². The molecule has 0 saturated carbocycles. The molecule has 6 nitrogen and oxygen atoms in total. The van der Waals surface area contributed by atoms with Crippen molar-refractivity contribution in [3.63, 3.8) is 0 Å². The van der Waals surface area contributed by atoms with Crippen molar-refractivity contribution in [2.45, 2.75) is 18.2 Å². The Morgan fingerprint density at radius 1 is 0.882 bits per heavy atom. The summed E-state index contributed by atoms with van der Waals surface area (Å²) in [5.41, 5.74) is 2.95. The minimum absolute atomic E-state index is 0.332. The van der Waals surface area contributed by atoms with Crippen molar-refractivity contribution in [1.29, 1.82) is 0 Å². The van der Waals surface area contributed by atoms with Crippen molar-refractivity contribution in [2.75, 3.05) is 31.1 Å². The summed E-state index contributed by atoms with van der Waals surface area (Å²) < 4.78 is 27.8. The molecule has 0 atom stereocenters. The average Bonchev–Trinajstić information content (AvgIpc) is 2.84. The smallest absolute Gasteiger partial charge is 0.243 e. The molecule has 1 saturated heterocycles. The van der Waals surface area contributed by atoms with Gasteiger partial charge in [-0.3, -0.25) is 0 Å². The fourth-order valence-electron chi connectivity index (χ4n) is 4.23. The first-order valence-corrected chi connectivity index (χ1v) is 13.0. The lowest BCUT2D eigenvalue weighted by Crippen LogP contribution is -2.49. The van der Waals surface area contributed by atoms with Crippen LogP contribution in [0, 0.1) is 6.92 Å². The Morgan fingerprint density at radius 2 is 1.59 bits per heavy atom. The Bertz CT molecular complexity index is 1420. The summed E-state index contributed by atoms with van der Waals surface area (Å²) in [6.45, 7) is 3.82. The standard InChI is InChI=1S/C26H25ClN4O2S/c1-19-7-10-22(11-8-19)34(32,33)31-15-13-30(14-16-31)26-23-12-9-21(27)18-24(23)28-25(29-26)17-20-5-3-2-4-6-20/h2-12,18H,13-17H2,1H3. The summed E-state index contributed by atoms with van der Waals surface area (Å²) in [4.78, 5) is 12.1. The molecule has 1 aromatic heterocycles. The number of fused-ring (bicyclic) bond motifs is 1. The number of rotatable bonds is 5. The van der Waals surface area contributed by atoms with Crippen LogP contribution in [0.1, 0.15) is 17.0 Å². The topological polar surface area (TPSA) is 66.4 Å². The number of sulfonamides is 1. The Morgan fingerprint density at radius 3 is 2.29 bits per heavy atom. The van der Waals surface area contributed by atoms with Gasteiger partial charge in [0.25, 0.3) is 0 Å². The van der Waals surface area contributed by atoms with Gasteiger partial charge in [0.1, 0.15) is 11.6 Å². The maximum absolute atomic E-state index is 13.1. The highest BCUT2D eigenvalue weighted by atomic mass is 35.5. The highest BCUT2D eigenvalue weighted by molar-refractivity contribution is 7.89. The van der Waals surface area contributed by atoms with Crippen molar-refractivity contribution < 1.29 is 8.42 Å². The number of hydrogen-bond acceptors (Lipinski definition) is 5. The number of halogens is 1. The van der Waals surface area contributed by atoms with Gasteiger partial charge in [0, 0.05) is 43.0 Å². The molecule has 0 amide bonds. The molecule has 0 bridgehead atoms. The van der Waals surface area contributed by atoms with Gasteiger partial charge >= 0.3 is 0 Å². The molecule has 0 unspecified atom stereocenters. The summed E-state index contributed by atoms with van der Waals surface area (Å²) >= 11 is 6.26. The van der Waals surface area contributed by atoms with E-state index < -0.39 is 10.0 Å². The van der Waals surface area contributed by atoms with E-state index >= 15 is 0 Å². The van der Waals surface area contributed by atoms with E-state index in [1.807, 2.05) is 55.5 Å². The van der Waals surface area contributed by atoms with Crippen LogP contribution in [0.3, 0.4) is 0 Å². The zero-order valence-corrected chi connectivity index (χ0v) is 20.4. The maximum Gasteiger partial charge on any atom is 0.243 e. The van der Waals surface area contributed by atoms with Crippen LogP contribution in [0.5, 0.6) is 0 Å². The van der Waals surface area contributed by atoms with E-state index in [0.717, 1.165) is 27.8 Å². The van der Waals surface area contributed by atoms with Crippen molar-refractivity contribution >= 4 is 38.3 Å². The van der Waals surface area contributed by atoms with Gasteiger partial charge in [-0.15, -0.1) is 0 Å². The average molecular weight is 493 g/mol. The van der Waals surface area contributed by atoms with Crippen LogP contribution in [0.15, 0.2) is 77.7 Å². The number of benzene rings is 3. The Kier molecular flexibility index (Phi) is 6.25. The van der Waals surface area contributed by atoms with Crippen LogP contribution < -0.4 is 4.90 Å². The number of nitrogens with zero attached hydrogens (tertiary/aromatic N) is 4. The quantitative estimate of drug-likeness (QED) is 0.404. The van der Waals surface area contributed by atoms with Crippen LogP contribution in [-0.2, 0) is 16.4 Å². The van der Waals surface area contributed by atoms with Gasteiger partial charge in [-0.05, 0) is 42.8 Å². The van der Waals surface area contributed by atoms with Crippen molar-refractivity contribution in [1.82, 2.24) is 14.3 Å². The predicted octanol–water partition coefficient (Wildman–Crippen LogP) is 4.69. The Labute approximate surface area is 204 Å². The Hall–Kier alpha value is -3.00. The molecule has 4 aromatic rings. The number of aromatic nitrogens is 2. The molecule has 0 spiro atoms. The maximum atomic E-state index is 13.1. The minimum Gasteiger partial charge on any atom is -0.353 e. The molecule has 8 heteroatoms. The molecule has 2 heterocycles. The number of hydrogen-bond donors (Lipinski definition) is 0. The van der Waals surface area contributed by atoms with Crippen LogP contribution in [0.2, 0.25) is 5.02 Å². The SMILES string of the molecule is Cc1ccc(S(=O)(=O)N2CCN(c3nc(Cc4ccccc4)nc4cc(Cl)ccc34)CC2)cc1. The van der Waals surface area contributed by atoms with Crippen molar-refractivity contribution in [3.8, 4) is 0 Å². The fourth-order valence-corrected chi connectivity index (χ4v) is 5.82. The third-order valence-corrected chi connectivity index (χ3v) is 8.24. The Balaban J connectivity index is 1.42. The molecule has 0 N–H and O–H groups in total. The van der Waals surface area contributed by atoms with E-state index in [1.165, 1.54) is 0 Å². The normalized spacial score (nSPS) is 15.1. The van der Waals surface area contributed by atoms with Crippen LogP contribution in [0.25, 0.3) is 10.9 Å². The zero-order valence-electron chi connectivity index (χ0n) is 18.9. The lowest BCUT2D eigenvalue weighted by molar-refractivity contribution is 0.384. The second-order valence-corrected chi connectivity index (χ2v) is 10.9. The van der Waals surface area contributed by atoms with Gasteiger partial charge in [0.15, 0.2) is 0 Å². The fraction of sp³-hybridized carbons (Fsp3) is 0.231. The molecule has 174 valence electrons. The molecule has 1 aliphatic heterocycles. The first-order valence-electron chi connectivity index (χ1n) is 11.2. The monoisotopic (exact) mass is 492 g/mol. The van der Waals surface area contributed by atoms with Crippen LogP contribution in [0.4, 0.5) is 5.82 Å². The third kappa shape index (κ3) is 4.64. The van der Waals surface area contributed by atoms with Crippen molar-refractivity contribution in [2.24, 2.45) is 0 Å². The summed E-state index contributed by atoms with van der Waals surface area (Å²) in [6.07, 6.45) is 0.609. The number of piperazine rings is 1. The predicted molar refractivity (Wildman–Crippen MR) is 136 cm³/mol. The van der Waals surface area contributed by atoms with E-state index in [1.54, 1.807) is 16.4 Å². The molecule has 34 heavy (non-hydrogen) atoms. The summed E-state index contributed by atoms with van der Waals surface area (Å²) in [5, 5.41) is 1.54. The van der Waals surface area contributed by atoms with Crippen LogP contribution in [-0.4, -0.2) is 48.9 Å². The molecular formula is C26H25ClN4O2S. The zero-order chi connectivity index (χ0) is 23.7. The molecule has 3 aromatic carbocycles. The summed E-state index contributed by atoms with van der Waals surface area (Å²) in [6, 6.07) is 22.7. The third-order valence-electron chi connectivity index (χ3n) is 6.09. The second kappa shape index (κ2) is 9.33. The summed E-state index contributed by atoms with van der Waals surface area (Å²) in [7, 11) is -3.52. The van der Waals surface area contributed by atoms with E-state index in [2.05, 4.69) is 17.0 Å². The second-order valence-electron chi connectivity index (χ2n) is 8.49.